The number of methoxy groups -OCH3 is 1. The Morgan fingerprint density at radius 3 is 3.00 bits per heavy atom. The minimum atomic E-state index is -2.21. The predicted octanol–water partition coefficient (Wildman–Crippen LogP) is 1.13. The Bertz CT molecular complexity index is 247. The van der Waals surface area contributed by atoms with Gasteiger partial charge in [0.25, 0.3) is 0 Å². The molecule has 12 heavy (non-hydrogen) atoms. The molecule has 0 radical (unpaired) electrons. The fourth-order valence-electron chi connectivity index (χ4n) is 1.01. The zero-order valence-corrected chi connectivity index (χ0v) is 6.53. The van der Waals surface area contributed by atoms with Crippen LogP contribution in [0.3, 0.4) is 0 Å². The van der Waals surface area contributed by atoms with E-state index in [1.54, 1.807) is 0 Å². The molecule has 0 spiro atoms. The molecule has 0 saturated carbocycles. The number of carbonyl (C=O) groups excluding carboxylic acids is 1. The number of aldehydes is 1. The molecule has 66 valence electrons. The molecule has 4 heteroatoms. The third-order valence-corrected chi connectivity index (χ3v) is 1.73. The number of carbonyl (C=O) groups is 1. The van der Waals surface area contributed by atoms with E-state index in [9.17, 15) is 9.18 Å². The number of allylic oxidation sites excluding steroid dienone is 1. The van der Waals surface area contributed by atoms with E-state index in [0.29, 0.717) is 6.29 Å². The van der Waals surface area contributed by atoms with Gasteiger partial charge in [0.1, 0.15) is 12.0 Å². The van der Waals surface area contributed by atoms with E-state index >= 15 is 0 Å². The Hall–Kier alpha value is -1.16. The lowest BCUT2D eigenvalue weighted by atomic mass is 9.96. The molecule has 1 N–H and O–H groups in total. The molecule has 0 amide bonds. The zero-order valence-electron chi connectivity index (χ0n) is 6.53. The SMILES string of the molecule is COC1(F)C=C(O)C=CC1C=O. The van der Waals surface area contributed by atoms with E-state index in [1.807, 2.05) is 0 Å². The zero-order chi connectivity index (χ0) is 9.19. The number of aliphatic hydroxyl groups is 1. The first-order chi connectivity index (χ1) is 5.62. The van der Waals surface area contributed by atoms with Crippen molar-refractivity contribution >= 4 is 6.29 Å². The minimum Gasteiger partial charge on any atom is -0.508 e. The van der Waals surface area contributed by atoms with Gasteiger partial charge >= 0.3 is 0 Å². The van der Waals surface area contributed by atoms with Gasteiger partial charge in [-0.1, -0.05) is 6.08 Å². The highest BCUT2D eigenvalue weighted by Crippen LogP contribution is 2.29. The Labute approximate surface area is 69.1 Å². The second kappa shape index (κ2) is 3.06. The number of alkyl halides is 1. The molecule has 0 aromatic carbocycles. The maximum atomic E-state index is 13.5. The van der Waals surface area contributed by atoms with Crippen LogP contribution in [-0.4, -0.2) is 24.4 Å². The molecular formula is C8H9FO3. The lowest BCUT2D eigenvalue weighted by Gasteiger charge is -2.26. The molecule has 0 bridgehead atoms. The van der Waals surface area contributed by atoms with Crippen molar-refractivity contribution in [3.8, 4) is 0 Å². The van der Waals surface area contributed by atoms with Gasteiger partial charge in [0.15, 0.2) is 0 Å². The monoisotopic (exact) mass is 172 g/mol. The first-order valence-corrected chi connectivity index (χ1v) is 3.42. The highest BCUT2D eigenvalue weighted by Gasteiger charge is 2.38. The summed E-state index contributed by atoms with van der Waals surface area (Å²) < 4.78 is 17.9. The Kier molecular flexibility index (Phi) is 2.28. The van der Waals surface area contributed by atoms with Gasteiger partial charge in [-0.3, -0.25) is 0 Å². The summed E-state index contributed by atoms with van der Waals surface area (Å²) in [4.78, 5) is 10.4. The normalized spacial score (nSPS) is 34.5. The van der Waals surface area contributed by atoms with Crippen molar-refractivity contribution in [2.75, 3.05) is 7.11 Å². The lowest BCUT2D eigenvalue weighted by molar-refractivity contribution is -0.135. The predicted molar refractivity (Wildman–Crippen MR) is 40.3 cm³/mol. The Morgan fingerprint density at radius 2 is 2.50 bits per heavy atom. The summed E-state index contributed by atoms with van der Waals surface area (Å²) >= 11 is 0. The molecule has 3 nitrogen and oxygen atoms in total. The summed E-state index contributed by atoms with van der Waals surface area (Å²) in [7, 11) is 1.14. The van der Waals surface area contributed by atoms with Gasteiger partial charge in [-0.25, -0.2) is 4.39 Å². The van der Waals surface area contributed by atoms with E-state index in [2.05, 4.69) is 4.74 Å². The van der Waals surface area contributed by atoms with Crippen molar-refractivity contribution in [3.63, 3.8) is 0 Å². The summed E-state index contributed by atoms with van der Waals surface area (Å²) in [6, 6.07) is 0. The van der Waals surface area contributed by atoms with E-state index in [1.165, 1.54) is 12.2 Å². The van der Waals surface area contributed by atoms with Crippen molar-refractivity contribution in [2.24, 2.45) is 5.92 Å². The van der Waals surface area contributed by atoms with Crippen LogP contribution in [0.1, 0.15) is 0 Å². The summed E-state index contributed by atoms with van der Waals surface area (Å²) in [6.45, 7) is 0. The molecule has 0 saturated heterocycles. The van der Waals surface area contributed by atoms with Gasteiger partial charge in [0.2, 0.25) is 5.85 Å². The van der Waals surface area contributed by atoms with Crippen LogP contribution in [0.25, 0.3) is 0 Å². The summed E-state index contributed by atoms with van der Waals surface area (Å²) in [5.41, 5.74) is 0. The van der Waals surface area contributed by atoms with Crippen LogP contribution in [-0.2, 0) is 9.53 Å². The van der Waals surface area contributed by atoms with E-state index in [4.69, 9.17) is 5.11 Å². The lowest BCUT2D eigenvalue weighted by Crippen LogP contribution is -2.35. The topological polar surface area (TPSA) is 46.5 Å². The van der Waals surface area contributed by atoms with Gasteiger partial charge in [-0.15, -0.1) is 0 Å². The summed E-state index contributed by atoms with van der Waals surface area (Å²) in [5, 5.41) is 8.93. The van der Waals surface area contributed by atoms with Gasteiger partial charge in [-0.05, 0) is 6.08 Å². The Balaban J connectivity index is 2.96. The highest BCUT2D eigenvalue weighted by atomic mass is 19.2. The first-order valence-electron chi connectivity index (χ1n) is 3.42. The van der Waals surface area contributed by atoms with E-state index < -0.39 is 11.8 Å². The Morgan fingerprint density at radius 1 is 1.83 bits per heavy atom. The number of hydrogen-bond donors (Lipinski definition) is 1. The average Bonchev–Trinajstić information content (AvgIpc) is 2.05. The molecule has 1 rings (SSSR count). The third-order valence-electron chi connectivity index (χ3n) is 1.73. The van der Waals surface area contributed by atoms with Crippen LogP contribution in [0.15, 0.2) is 24.0 Å². The molecular weight excluding hydrogens is 163 g/mol. The molecule has 0 heterocycles. The number of aliphatic hydroxyl groups excluding tert-OH is 1. The largest absolute Gasteiger partial charge is 0.508 e. The minimum absolute atomic E-state index is 0.238. The molecule has 1 aliphatic carbocycles. The second-order valence-electron chi connectivity index (χ2n) is 2.49. The van der Waals surface area contributed by atoms with Crippen molar-refractivity contribution in [1.82, 2.24) is 0 Å². The van der Waals surface area contributed by atoms with Crippen LogP contribution < -0.4 is 0 Å². The quantitative estimate of drug-likeness (QED) is 0.635. The van der Waals surface area contributed by atoms with Gasteiger partial charge in [-0.2, -0.15) is 0 Å². The molecule has 0 fully saturated rings. The fourth-order valence-corrected chi connectivity index (χ4v) is 1.01. The van der Waals surface area contributed by atoms with Crippen molar-refractivity contribution in [3.05, 3.63) is 24.0 Å². The van der Waals surface area contributed by atoms with Crippen molar-refractivity contribution in [1.29, 1.82) is 0 Å². The highest BCUT2D eigenvalue weighted by molar-refractivity contribution is 5.60. The van der Waals surface area contributed by atoms with Crippen LogP contribution >= 0.6 is 0 Å². The first kappa shape index (κ1) is 8.93. The fraction of sp³-hybridized carbons (Fsp3) is 0.375. The standard InChI is InChI=1S/C8H9FO3/c1-12-8(9)4-7(11)3-2-6(8)5-10/h2-6,11H,1H3. The van der Waals surface area contributed by atoms with Crippen LogP contribution in [0, 0.1) is 5.92 Å². The van der Waals surface area contributed by atoms with Crippen LogP contribution in [0.4, 0.5) is 4.39 Å². The van der Waals surface area contributed by atoms with Crippen LogP contribution in [0.5, 0.6) is 0 Å². The summed E-state index contributed by atoms with van der Waals surface area (Å²) in [5.74, 6) is -3.43. The number of halogens is 1. The molecule has 0 aromatic rings. The van der Waals surface area contributed by atoms with Crippen molar-refractivity contribution in [2.45, 2.75) is 5.85 Å². The maximum absolute atomic E-state index is 13.5. The van der Waals surface area contributed by atoms with Gasteiger partial charge in [0, 0.05) is 13.2 Å². The number of rotatable bonds is 2. The molecule has 2 atom stereocenters. The average molecular weight is 172 g/mol. The van der Waals surface area contributed by atoms with Crippen LogP contribution in [0.2, 0.25) is 0 Å². The van der Waals surface area contributed by atoms with E-state index in [0.717, 1.165) is 13.2 Å². The molecule has 0 aromatic heterocycles. The molecule has 1 aliphatic rings. The van der Waals surface area contributed by atoms with E-state index in [-0.39, 0.29) is 5.76 Å². The third kappa shape index (κ3) is 1.38. The smallest absolute Gasteiger partial charge is 0.245 e. The number of ether oxygens (including phenoxy) is 1. The number of hydrogen-bond acceptors (Lipinski definition) is 3. The second-order valence-corrected chi connectivity index (χ2v) is 2.49. The van der Waals surface area contributed by atoms with Crippen molar-refractivity contribution < 1.29 is 19.0 Å². The summed E-state index contributed by atoms with van der Waals surface area (Å²) in [6.07, 6.45) is 3.82. The molecule has 0 aliphatic heterocycles. The maximum Gasteiger partial charge on any atom is 0.245 e. The van der Waals surface area contributed by atoms with Gasteiger partial charge in [0.05, 0.1) is 5.92 Å². The van der Waals surface area contributed by atoms with Gasteiger partial charge < -0.3 is 14.6 Å². The molecule has 2 unspecified atom stereocenters.